The van der Waals surface area contributed by atoms with E-state index in [9.17, 15) is 9.59 Å². The fraction of sp³-hybridized carbons (Fsp3) is 0.545. The van der Waals surface area contributed by atoms with Crippen LogP contribution in [0.1, 0.15) is 36.0 Å². The topological polar surface area (TPSA) is 63.0 Å². The van der Waals surface area contributed by atoms with Crippen LogP contribution in [0, 0.1) is 0 Å². The number of aryl methyl sites for hydroxylation is 2. The maximum absolute atomic E-state index is 12.5. The Morgan fingerprint density at radius 2 is 1.82 bits per heavy atom. The molecule has 3 aliphatic rings. The highest BCUT2D eigenvalue weighted by atomic mass is 16.5. The molecule has 1 aromatic carbocycles. The van der Waals surface area contributed by atoms with Crippen LogP contribution in [-0.4, -0.2) is 54.6 Å². The lowest BCUT2D eigenvalue weighted by Gasteiger charge is -2.35. The van der Waals surface area contributed by atoms with Gasteiger partial charge in [-0.2, -0.15) is 0 Å². The highest BCUT2D eigenvalue weighted by Gasteiger charge is 2.30. The SMILES string of the molecule is O=C([C@@H]1CCCO1)N1CCN(Cc2cc(=O)oc3cc4c(cc23)CCC4)CC1. The lowest BCUT2D eigenvalue weighted by Crippen LogP contribution is -2.51. The number of rotatable bonds is 3. The third-order valence-corrected chi connectivity index (χ3v) is 6.33. The minimum Gasteiger partial charge on any atom is -0.423 e. The van der Waals surface area contributed by atoms with E-state index >= 15 is 0 Å². The predicted octanol–water partition coefficient (Wildman–Crippen LogP) is 2.10. The highest BCUT2D eigenvalue weighted by molar-refractivity contribution is 5.82. The molecule has 1 aromatic heterocycles. The molecule has 5 rings (SSSR count). The van der Waals surface area contributed by atoms with E-state index in [1.54, 1.807) is 6.07 Å². The Labute approximate surface area is 164 Å². The van der Waals surface area contributed by atoms with Gasteiger partial charge in [0.25, 0.3) is 5.91 Å². The summed E-state index contributed by atoms with van der Waals surface area (Å²) in [5.74, 6) is 0.138. The smallest absolute Gasteiger partial charge is 0.336 e. The van der Waals surface area contributed by atoms with E-state index in [-0.39, 0.29) is 17.6 Å². The van der Waals surface area contributed by atoms with Crippen LogP contribution >= 0.6 is 0 Å². The number of hydrogen-bond donors (Lipinski definition) is 0. The molecule has 6 heteroatoms. The van der Waals surface area contributed by atoms with Gasteiger partial charge in [-0.3, -0.25) is 9.69 Å². The molecule has 0 bridgehead atoms. The normalized spacial score (nSPS) is 22.7. The molecule has 0 unspecified atom stereocenters. The Balaban J connectivity index is 1.31. The van der Waals surface area contributed by atoms with Crippen molar-refractivity contribution >= 4 is 16.9 Å². The van der Waals surface area contributed by atoms with Crippen LogP contribution in [-0.2, 0) is 28.9 Å². The fourth-order valence-corrected chi connectivity index (χ4v) is 4.77. The lowest BCUT2D eigenvalue weighted by atomic mass is 10.0. The molecule has 28 heavy (non-hydrogen) atoms. The van der Waals surface area contributed by atoms with Gasteiger partial charge in [-0.1, -0.05) is 0 Å². The molecule has 2 fully saturated rings. The van der Waals surface area contributed by atoms with Crippen LogP contribution in [0.3, 0.4) is 0 Å². The Morgan fingerprint density at radius 1 is 1.04 bits per heavy atom. The molecule has 0 N–H and O–H groups in total. The summed E-state index contributed by atoms with van der Waals surface area (Å²) in [5.41, 5.74) is 4.14. The molecule has 148 valence electrons. The summed E-state index contributed by atoms with van der Waals surface area (Å²) in [6, 6.07) is 5.90. The maximum atomic E-state index is 12.5. The van der Waals surface area contributed by atoms with Crippen LogP contribution in [0.4, 0.5) is 0 Å². The van der Waals surface area contributed by atoms with Crippen molar-refractivity contribution in [3.05, 3.63) is 45.3 Å². The number of fused-ring (bicyclic) bond motifs is 2. The number of amides is 1. The van der Waals surface area contributed by atoms with Gasteiger partial charge in [0.15, 0.2) is 0 Å². The molecule has 1 atom stereocenters. The second kappa shape index (κ2) is 7.33. The van der Waals surface area contributed by atoms with Crippen molar-refractivity contribution in [3.8, 4) is 0 Å². The number of nitrogens with zero attached hydrogens (tertiary/aromatic N) is 2. The molecule has 2 aliphatic heterocycles. The van der Waals surface area contributed by atoms with Gasteiger partial charge < -0.3 is 14.1 Å². The molecule has 0 spiro atoms. The third-order valence-electron chi connectivity index (χ3n) is 6.33. The Kier molecular flexibility index (Phi) is 4.69. The first kappa shape index (κ1) is 17.9. The number of ether oxygens (including phenoxy) is 1. The van der Waals surface area contributed by atoms with Gasteiger partial charge in [-0.05, 0) is 60.9 Å². The van der Waals surface area contributed by atoms with Crippen molar-refractivity contribution in [2.24, 2.45) is 0 Å². The van der Waals surface area contributed by atoms with Crippen LogP contribution in [0.15, 0.2) is 27.4 Å². The van der Waals surface area contributed by atoms with E-state index in [0.717, 1.165) is 49.7 Å². The summed E-state index contributed by atoms with van der Waals surface area (Å²) in [7, 11) is 0. The molecular formula is C22H26N2O4. The number of benzene rings is 1. The fourth-order valence-electron chi connectivity index (χ4n) is 4.77. The summed E-state index contributed by atoms with van der Waals surface area (Å²) in [4.78, 5) is 28.9. The zero-order valence-electron chi connectivity index (χ0n) is 16.1. The van der Waals surface area contributed by atoms with Gasteiger partial charge in [0, 0.05) is 50.8 Å². The van der Waals surface area contributed by atoms with Crippen molar-refractivity contribution in [2.75, 3.05) is 32.8 Å². The number of carbonyl (C=O) groups excluding carboxylic acids is 1. The van der Waals surface area contributed by atoms with E-state index < -0.39 is 0 Å². The molecule has 2 aromatic rings. The van der Waals surface area contributed by atoms with E-state index in [4.69, 9.17) is 9.15 Å². The average molecular weight is 382 g/mol. The summed E-state index contributed by atoms with van der Waals surface area (Å²) in [6.07, 6.45) is 4.93. The first-order chi connectivity index (χ1) is 13.7. The molecule has 0 radical (unpaired) electrons. The van der Waals surface area contributed by atoms with Gasteiger partial charge in [-0.15, -0.1) is 0 Å². The average Bonchev–Trinajstić information content (AvgIpc) is 3.38. The predicted molar refractivity (Wildman–Crippen MR) is 105 cm³/mol. The number of carbonyl (C=O) groups is 1. The molecule has 0 saturated carbocycles. The van der Waals surface area contributed by atoms with Crippen LogP contribution in [0.5, 0.6) is 0 Å². The summed E-state index contributed by atoms with van der Waals surface area (Å²) < 4.78 is 11.0. The number of hydrogen-bond acceptors (Lipinski definition) is 5. The van der Waals surface area contributed by atoms with Crippen LogP contribution < -0.4 is 5.63 Å². The van der Waals surface area contributed by atoms with Gasteiger partial charge in [0.1, 0.15) is 11.7 Å². The van der Waals surface area contributed by atoms with E-state index in [1.807, 2.05) is 4.90 Å². The van der Waals surface area contributed by atoms with Crippen molar-refractivity contribution in [2.45, 2.75) is 44.8 Å². The van der Waals surface area contributed by atoms with Gasteiger partial charge in [0.2, 0.25) is 0 Å². The largest absolute Gasteiger partial charge is 0.423 e. The Hall–Kier alpha value is -2.18. The summed E-state index contributed by atoms with van der Waals surface area (Å²) >= 11 is 0. The Morgan fingerprint density at radius 3 is 2.57 bits per heavy atom. The van der Waals surface area contributed by atoms with E-state index in [1.165, 1.54) is 17.5 Å². The quantitative estimate of drug-likeness (QED) is 0.761. The second-order valence-corrected chi connectivity index (χ2v) is 8.16. The zero-order chi connectivity index (χ0) is 19.1. The van der Waals surface area contributed by atoms with Gasteiger partial charge >= 0.3 is 5.63 Å². The standard InChI is InChI=1S/C22H26N2O4/c25-21-13-17(18-11-15-3-1-4-16(15)12-20(18)28-21)14-23-6-8-24(9-7-23)22(26)19-5-2-10-27-19/h11-13,19H,1-10,14H2/t19-/m0/s1. The summed E-state index contributed by atoms with van der Waals surface area (Å²) in [5, 5.41) is 1.05. The van der Waals surface area contributed by atoms with Crippen molar-refractivity contribution in [1.29, 1.82) is 0 Å². The molecule has 2 saturated heterocycles. The van der Waals surface area contributed by atoms with Gasteiger partial charge in [-0.25, -0.2) is 4.79 Å². The third kappa shape index (κ3) is 3.35. The minimum atomic E-state index is -0.285. The molecular weight excluding hydrogens is 356 g/mol. The van der Waals surface area contributed by atoms with Crippen LogP contribution in [0.2, 0.25) is 0 Å². The minimum absolute atomic E-state index is 0.138. The van der Waals surface area contributed by atoms with E-state index in [0.29, 0.717) is 31.8 Å². The molecule has 6 nitrogen and oxygen atoms in total. The first-order valence-corrected chi connectivity index (χ1v) is 10.4. The van der Waals surface area contributed by atoms with Crippen molar-refractivity contribution in [1.82, 2.24) is 9.80 Å². The van der Waals surface area contributed by atoms with Crippen LogP contribution in [0.25, 0.3) is 11.0 Å². The molecule has 3 heterocycles. The highest BCUT2D eigenvalue weighted by Crippen LogP contribution is 2.29. The first-order valence-electron chi connectivity index (χ1n) is 10.4. The maximum Gasteiger partial charge on any atom is 0.336 e. The molecule has 1 amide bonds. The molecule has 1 aliphatic carbocycles. The summed E-state index contributed by atoms with van der Waals surface area (Å²) in [6.45, 7) is 4.46. The number of piperazine rings is 1. The van der Waals surface area contributed by atoms with Crippen molar-refractivity contribution in [3.63, 3.8) is 0 Å². The Bertz CT molecular complexity index is 953. The van der Waals surface area contributed by atoms with Crippen molar-refractivity contribution < 1.29 is 13.9 Å². The zero-order valence-corrected chi connectivity index (χ0v) is 16.1. The second-order valence-electron chi connectivity index (χ2n) is 8.16. The monoisotopic (exact) mass is 382 g/mol. The van der Waals surface area contributed by atoms with Gasteiger partial charge in [0.05, 0.1) is 0 Å². The van der Waals surface area contributed by atoms with E-state index in [2.05, 4.69) is 17.0 Å². The lowest BCUT2D eigenvalue weighted by molar-refractivity contribution is -0.142.